The minimum Gasteiger partial charge on any atom is -0.494 e. The Labute approximate surface area is 154 Å². The SMILES string of the molecule is COc1cc(-n2ccc(NC(=O)C3(c4ccccc4F)CC3)n2)ccc1F. The number of anilines is 1. The number of carbonyl (C=O) groups is 1. The van der Waals surface area contributed by atoms with Crippen molar-refractivity contribution < 1.29 is 18.3 Å². The van der Waals surface area contributed by atoms with Crippen molar-refractivity contribution in [2.75, 3.05) is 12.4 Å². The molecule has 27 heavy (non-hydrogen) atoms. The molecule has 0 saturated heterocycles. The normalized spacial score (nSPS) is 14.6. The standard InChI is InChI=1S/C20H17F2N3O2/c1-27-17-12-13(6-7-16(17)22)25-11-8-18(24-25)23-19(26)20(9-10-20)14-4-2-3-5-15(14)21/h2-8,11-12H,9-10H2,1H3,(H,23,24,26). The molecule has 1 amide bonds. The molecule has 3 aromatic rings. The van der Waals surface area contributed by atoms with Gasteiger partial charge in [0.2, 0.25) is 5.91 Å². The van der Waals surface area contributed by atoms with Gasteiger partial charge in [-0.25, -0.2) is 13.5 Å². The number of halogens is 2. The predicted molar refractivity (Wildman–Crippen MR) is 96.0 cm³/mol. The van der Waals surface area contributed by atoms with Gasteiger partial charge in [0.1, 0.15) is 5.82 Å². The summed E-state index contributed by atoms with van der Waals surface area (Å²) in [7, 11) is 1.38. The van der Waals surface area contributed by atoms with Crippen LogP contribution in [0.5, 0.6) is 5.75 Å². The molecule has 0 radical (unpaired) electrons. The number of ether oxygens (including phenoxy) is 1. The van der Waals surface area contributed by atoms with Crippen molar-refractivity contribution in [3.63, 3.8) is 0 Å². The number of hydrogen-bond donors (Lipinski definition) is 1. The predicted octanol–water partition coefficient (Wildman–Crippen LogP) is 3.83. The summed E-state index contributed by atoms with van der Waals surface area (Å²) in [6, 6.07) is 12.3. The Morgan fingerprint density at radius 2 is 1.93 bits per heavy atom. The molecule has 138 valence electrons. The lowest BCUT2D eigenvalue weighted by Gasteiger charge is -2.15. The summed E-state index contributed by atoms with van der Waals surface area (Å²) in [4.78, 5) is 12.7. The summed E-state index contributed by atoms with van der Waals surface area (Å²) in [5.74, 6) is -0.693. The Morgan fingerprint density at radius 1 is 1.15 bits per heavy atom. The number of hydrogen-bond acceptors (Lipinski definition) is 3. The Kier molecular flexibility index (Phi) is 4.14. The van der Waals surface area contributed by atoms with Gasteiger partial charge >= 0.3 is 0 Å². The zero-order valence-corrected chi connectivity index (χ0v) is 14.6. The summed E-state index contributed by atoms with van der Waals surface area (Å²) >= 11 is 0. The zero-order valence-electron chi connectivity index (χ0n) is 14.6. The first-order valence-corrected chi connectivity index (χ1v) is 8.49. The fourth-order valence-electron chi connectivity index (χ4n) is 3.15. The number of benzene rings is 2. The van der Waals surface area contributed by atoms with E-state index in [1.807, 2.05) is 0 Å². The maximum atomic E-state index is 14.1. The van der Waals surface area contributed by atoms with Crippen LogP contribution in [0.4, 0.5) is 14.6 Å². The van der Waals surface area contributed by atoms with Crippen LogP contribution >= 0.6 is 0 Å². The van der Waals surface area contributed by atoms with E-state index in [4.69, 9.17) is 4.74 Å². The van der Waals surface area contributed by atoms with Crippen LogP contribution in [0.3, 0.4) is 0 Å². The average molecular weight is 369 g/mol. The second-order valence-corrected chi connectivity index (χ2v) is 6.48. The molecule has 0 spiro atoms. The fourth-order valence-corrected chi connectivity index (χ4v) is 3.15. The van der Waals surface area contributed by atoms with Crippen molar-refractivity contribution in [3.8, 4) is 11.4 Å². The number of rotatable bonds is 5. The smallest absolute Gasteiger partial charge is 0.236 e. The second kappa shape index (κ2) is 6.50. The van der Waals surface area contributed by atoms with E-state index < -0.39 is 11.2 Å². The summed E-state index contributed by atoms with van der Waals surface area (Å²) in [5.41, 5.74) is 0.156. The average Bonchev–Trinajstić information content (AvgIpc) is 3.35. The third kappa shape index (κ3) is 3.05. The lowest BCUT2D eigenvalue weighted by Crippen LogP contribution is -2.29. The maximum Gasteiger partial charge on any atom is 0.236 e. The minimum absolute atomic E-state index is 0.102. The zero-order chi connectivity index (χ0) is 19.0. The molecule has 0 bridgehead atoms. The van der Waals surface area contributed by atoms with E-state index >= 15 is 0 Å². The van der Waals surface area contributed by atoms with Crippen LogP contribution in [0.25, 0.3) is 5.69 Å². The molecule has 1 saturated carbocycles. The topological polar surface area (TPSA) is 56.1 Å². The molecule has 5 nitrogen and oxygen atoms in total. The minimum atomic E-state index is -0.839. The molecular formula is C20H17F2N3O2. The number of nitrogens with zero attached hydrogens (tertiary/aromatic N) is 2. The number of aromatic nitrogens is 2. The highest BCUT2D eigenvalue weighted by Gasteiger charge is 2.52. The highest BCUT2D eigenvalue weighted by atomic mass is 19.1. The van der Waals surface area contributed by atoms with Gasteiger partial charge in [-0.05, 0) is 31.0 Å². The van der Waals surface area contributed by atoms with Gasteiger partial charge in [0, 0.05) is 23.9 Å². The molecule has 7 heteroatoms. The molecule has 1 aromatic heterocycles. The molecule has 1 aliphatic rings. The van der Waals surface area contributed by atoms with E-state index in [-0.39, 0.29) is 17.5 Å². The Morgan fingerprint density at radius 3 is 2.63 bits per heavy atom. The third-order valence-corrected chi connectivity index (χ3v) is 4.80. The Hall–Kier alpha value is -3.22. The number of methoxy groups -OCH3 is 1. The van der Waals surface area contributed by atoms with Crippen LogP contribution in [0.1, 0.15) is 18.4 Å². The second-order valence-electron chi connectivity index (χ2n) is 6.48. The molecule has 4 rings (SSSR count). The van der Waals surface area contributed by atoms with E-state index in [0.717, 1.165) is 0 Å². The van der Waals surface area contributed by atoms with E-state index in [1.54, 1.807) is 36.5 Å². The van der Waals surface area contributed by atoms with E-state index in [1.165, 1.54) is 30.0 Å². The lowest BCUT2D eigenvalue weighted by molar-refractivity contribution is -0.118. The van der Waals surface area contributed by atoms with E-state index in [9.17, 15) is 13.6 Å². The van der Waals surface area contributed by atoms with Gasteiger partial charge in [0.25, 0.3) is 0 Å². The monoisotopic (exact) mass is 369 g/mol. The molecular weight excluding hydrogens is 352 g/mol. The summed E-state index contributed by atoms with van der Waals surface area (Å²) in [6.07, 6.45) is 2.83. The summed E-state index contributed by atoms with van der Waals surface area (Å²) < 4.78 is 34.1. The summed E-state index contributed by atoms with van der Waals surface area (Å²) in [6.45, 7) is 0. The van der Waals surface area contributed by atoms with Crippen LogP contribution in [0.15, 0.2) is 54.7 Å². The third-order valence-electron chi connectivity index (χ3n) is 4.80. The van der Waals surface area contributed by atoms with Crippen molar-refractivity contribution in [1.29, 1.82) is 0 Å². The first-order chi connectivity index (χ1) is 13.0. The highest BCUT2D eigenvalue weighted by molar-refractivity contribution is 6.00. The Balaban J connectivity index is 1.55. The van der Waals surface area contributed by atoms with Crippen LogP contribution in [-0.4, -0.2) is 22.8 Å². The molecule has 1 N–H and O–H groups in total. The molecule has 1 aliphatic carbocycles. The van der Waals surface area contributed by atoms with Crippen molar-refractivity contribution >= 4 is 11.7 Å². The molecule has 2 aromatic carbocycles. The molecule has 0 unspecified atom stereocenters. The van der Waals surface area contributed by atoms with Crippen molar-refractivity contribution in [2.45, 2.75) is 18.3 Å². The van der Waals surface area contributed by atoms with Gasteiger partial charge in [0.05, 0.1) is 18.2 Å². The van der Waals surface area contributed by atoms with Crippen molar-refractivity contribution in [2.24, 2.45) is 0 Å². The quantitative estimate of drug-likeness (QED) is 0.744. The highest BCUT2D eigenvalue weighted by Crippen LogP contribution is 2.49. The van der Waals surface area contributed by atoms with Crippen molar-refractivity contribution in [1.82, 2.24) is 9.78 Å². The molecule has 1 heterocycles. The molecule has 1 fully saturated rings. The van der Waals surface area contributed by atoms with Crippen molar-refractivity contribution in [3.05, 3.63) is 71.9 Å². The van der Waals surface area contributed by atoms with E-state index in [2.05, 4.69) is 10.4 Å². The fraction of sp³-hybridized carbons (Fsp3) is 0.200. The van der Waals surface area contributed by atoms with Crippen LogP contribution in [-0.2, 0) is 10.2 Å². The lowest BCUT2D eigenvalue weighted by atomic mass is 9.94. The first-order valence-electron chi connectivity index (χ1n) is 8.49. The largest absolute Gasteiger partial charge is 0.494 e. The Bertz CT molecular complexity index is 1010. The van der Waals surface area contributed by atoms with Gasteiger partial charge < -0.3 is 10.1 Å². The molecule has 0 atom stereocenters. The van der Waals surface area contributed by atoms with Gasteiger partial charge in [0.15, 0.2) is 17.4 Å². The maximum absolute atomic E-state index is 14.1. The number of amides is 1. The van der Waals surface area contributed by atoms with Crippen LogP contribution in [0, 0.1) is 11.6 Å². The van der Waals surface area contributed by atoms with Gasteiger partial charge in [-0.3, -0.25) is 4.79 Å². The van der Waals surface area contributed by atoms with E-state index in [0.29, 0.717) is 29.9 Å². The first kappa shape index (κ1) is 17.2. The van der Waals surface area contributed by atoms with Gasteiger partial charge in [-0.2, -0.15) is 5.10 Å². The van der Waals surface area contributed by atoms with Gasteiger partial charge in [-0.15, -0.1) is 0 Å². The summed E-state index contributed by atoms with van der Waals surface area (Å²) in [5, 5.41) is 7.05. The number of carbonyl (C=O) groups excluding carboxylic acids is 1. The van der Waals surface area contributed by atoms with Crippen LogP contribution < -0.4 is 10.1 Å². The molecule has 0 aliphatic heterocycles. The van der Waals surface area contributed by atoms with Gasteiger partial charge in [-0.1, -0.05) is 18.2 Å². The van der Waals surface area contributed by atoms with Crippen LogP contribution in [0.2, 0.25) is 0 Å². The number of nitrogens with one attached hydrogen (secondary N) is 1.